The Morgan fingerprint density at radius 3 is 1.58 bits per heavy atom. The van der Waals surface area contributed by atoms with E-state index in [1.807, 2.05) is 0 Å². The van der Waals surface area contributed by atoms with Crippen LogP contribution in [0.15, 0.2) is 0 Å². The zero-order chi connectivity index (χ0) is 9.07. The van der Waals surface area contributed by atoms with Gasteiger partial charge in [0.2, 0.25) is 0 Å². The van der Waals surface area contributed by atoms with Crippen LogP contribution in [-0.4, -0.2) is 27.4 Å². The van der Waals surface area contributed by atoms with Gasteiger partial charge in [-0.1, -0.05) is 32.1 Å². The fourth-order valence-electron chi connectivity index (χ4n) is 1.07. The largest absolute Gasteiger partial charge is 0.382 e. The maximum atomic E-state index is 4.66. The summed E-state index contributed by atoms with van der Waals surface area (Å²) in [4.78, 5) is 0. The van der Waals surface area contributed by atoms with Gasteiger partial charge in [-0.3, -0.25) is 0 Å². The maximum absolute atomic E-state index is 4.66. The summed E-state index contributed by atoms with van der Waals surface area (Å²) in [6.07, 6.45) is 9.50. The quantitative estimate of drug-likeness (QED) is 0.610. The van der Waals surface area contributed by atoms with Crippen molar-refractivity contribution in [1.29, 1.82) is 0 Å². The molecule has 0 heterocycles. The van der Waals surface area contributed by atoms with E-state index in [2.05, 4.69) is 15.9 Å². The van der Waals surface area contributed by atoms with Gasteiger partial charge >= 0.3 is 0 Å². The molecule has 0 atom stereocenters. The van der Waals surface area contributed by atoms with Crippen LogP contribution in [0.1, 0.15) is 32.1 Å². The molecule has 0 aromatic rings. The van der Waals surface area contributed by atoms with E-state index >= 15 is 0 Å². The second-order valence-corrected chi connectivity index (χ2v) is 2.91. The molecular formula is C10H21O2. The third kappa shape index (κ3) is 9.92. The molecule has 1 aliphatic rings. The topological polar surface area (TPSA) is 18.5 Å². The van der Waals surface area contributed by atoms with Crippen LogP contribution in [-0.2, 0) is 9.47 Å². The van der Waals surface area contributed by atoms with Crippen molar-refractivity contribution in [2.75, 3.05) is 27.4 Å². The highest BCUT2D eigenvalue weighted by atomic mass is 16.5. The van der Waals surface area contributed by atoms with E-state index in [9.17, 15) is 0 Å². The van der Waals surface area contributed by atoms with Crippen LogP contribution in [0.4, 0.5) is 0 Å². The summed E-state index contributed by atoms with van der Waals surface area (Å²) >= 11 is 0. The molecule has 1 aliphatic carbocycles. The number of rotatable bonds is 3. The Morgan fingerprint density at radius 2 is 1.42 bits per heavy atom. The van der Waals surface area contributed by atoms with Gasteiger partial charge < -0.3 is 9.47 Å². The van der Waals surface area contributed by atoms with E-state index in [1.54, 1.807) is 14.2 Å². The standard InChI is InChI=1S/C6H11.C4H10O2/c1-2-4-6-5-3-1;1-5-3-4-6-2/h1H,2-6H2;3-4H2,1-2H3. The first-order valence-electron chi connectivity index (χ1n) is 4.71. The summed E-state index contributed by atoms with van der Waals surface area (Å²) in [6, 6.07) is 0. The van der Waals surface area contributed by atoms with Crippen molar-refractivity contribution in [3.63, 3.8) is 0 Å². The molecule has 0 saturated heterocycles. The monoisotopic (exact) mass is 173 g/mol. The second-order valence-electron chi connectivity index (χ2n) is 2.91. The molecule has 1 rings (SSSR count). The molecule has 0 aliphatic heterocycles. The van der Waals surface area contributed by atoms with E-state index in [0.717, 1.165) is 0 Å². The molecule has 1 radical (unpaired) electrons. The smallest absolute Gasteiger partial charge is 0.0696 e. The molecule has 0 unspecified atom stereocenters. The zero-order valence-corrected chi connectivity index (χ0v) is 8.34. The van der Waals surface area contributed by atoms with Crippen molar-refractivity contribution >= 4 is 0 Å². The summed E-state index contributed by atoms with van der Waals surface area (Å²) in [7, 11) is 3.30. The molecule has 2 heteroatoms. The Balaban J connectivity index is 0.000000202. The van der Waals surface area contributed by atoms with Crippen molar-refractivity contribution in [2.24, 2.45) is 0 Å². The van der Waals surface area contributed by atoms with E-state index in [4.69, 9.17) is 0 Å². The average molecular weight is 173 g/mol. The number of hydrogen-bond acceptors (Lipinski definition) is 2. The maximum Gasteiger partial charge on any atom is 0.0696 e. The first-order chi connectivity index (χ1) is 5.91. The summed E-state index contributed by atoms with van der Waals surface area (Å²) < 4.78 is 9.31. The minimum Gasteiger partial charge on any atom is -0.382 e. The number of methoxy groups -OCH3 is 2. The molecule has 0 N–H and O–H groups in total. The van der Waals surface area contributed by atoms with Gasteiger partial charge in [0, 0.05) is 14.2 Å². The van der Waals surface area contributed by atoms with E-state index in [-0.39, 0.29) is 0 Å². The molecule has 1 fully saturated rings. The highest BCUT2D eigenvalue weighted by Gasteiger charge is 1.95. The highest BCUT2D eigenvalue weighted by Crippen LogP contribution is 2.14. The lowest BCUT2D eigenvalue weighted by Gasteiger charge is -2.05. The van der Waals surface area contributed by atoms with Crippen LogP contribution in [0, 0.1) is 6.42 Å². The SMILES string of the molecule is COCCOC.[CH]1CCCCC1. The van der Waals surface area contributed by atoms with Crippen LogP contribution < -0.4 is 0 Å². The lowest BCUT2D eigenvalue weighted by molar-refractivity contribution is 0.103. The van der Waals surface area contributed by atoms with Crippen molar-refractivity contribution in [3.8, 4) is 0 Å². The third-order valence-corrected chi connectivity index (χ3v) is 1.81. The molecular weight excluding hydrogens is 152 g/mol. The summed E-state index contributed by atoms with van der Waals surface area (Å²) in [5.41, 5.74) is 0. The van der Waals surface area contributed by atoms with Gasteiger partial charge in [0.1, 0.15) is 0 Å². The minimum atomic E-state index is 0.691. The lowest BCUT2D eigenvalue weighted by Crippen LogP contribution is -1.96. The minimum absolute atomic E-state index is 0.691. The van der Waals surface area contributed by atoms with Gasteiger partial charge in [0.05, 0.1) is 13.2 Å². The van der Waals surface area contributed by atoms with Gasteiger partial charge in [-0.25, -0.2) is 0 Å². The predicted molar refractivity (Wildman–Crippen MR) is 51.1 cm³/mol. The van der Waals surface area contributed by atoms with Crippen LogP contribution in [0.25, 0.3) is 0 Å². The van der Waals surface area contributed by atoms with Gasteiger partial charge in [0.15, 0.2) is 0 Å². The number of ether oxygens (including phenoxy) is 2. The van der Waals surface area contributed by atoms with Crippen LogP contribution in [0.5, 0.6) is 0 Å². The highest BCUT2D eigenvalue weighted by molar-refractivity contribution is 4.69. The van der Waals surface area contributed by atoms with Gasteiger partial charge in [-0.05, 0) is 6.42 Å². The summed E-state index contributed by atoms with van der Waals surface area (Å²) in [5, 5.41) is 0. The van der Waals surface area contributed by atoms with Gasteiger partial charge in [-0.15, -0.1) is 0 Å². The Labute approximate surface area is 76.3 Å². The predicted octanol–water partition coefficient (Wildman–Crippen LogP) is 2.43. The first-order valence-corrected chi connectivity index (χ1v) is 4.71. The van der Waals surface area contributed by atoms with E-state index in [1.165, 1.54) is 32.1 Å². The Morgan fingerprint density at radius 1 is 0.917 bits per heavy atom. The fraction of sp³-hybridized carbons (Fsp3) is 0.900. The Bertz CT molecular complexity index is 54.7. The molecule has 0 aromatic carbocycles. The Kier molecular flexibility index (Phi) is 10.8. The second kappa shape index (κ2) is 10.9. The average Bonchev–Trinajstić information content (AvgIpc) is 2.18. The van der Waals surface area contributed by atoms with Crippen LogP contribution >= 0.6 is 0 Å². The molecule has 73 valence electrons. The van der Waals surface area contributed by atoms with Crippen LogP contribution in [0.2, 0.25) is 0 Å². The van der Waals surface area contributed by atoms with Crippen molar-refractivity contribution in [3.05, 3.63) is 6.42 Å². The molecule has 1 saturated carbocycles. The summed E-state index contributed by atoms with van der Waals surface area (Å²) in [5.74, 6) is 0. The molecule has 12 heavy (non-hydrogen) atoms. The van der Waals surface area contributed by atoms with E-state index < -0.39 is 0 Å². The molecule has 0 amide bonds. The normalized spacial score (nSPS) is 16.5. The number of hydrogen-bond donors (Lipinski definition) is 0. The fourth-order valence-corrected chi connectivity index (χ4v) is 1.07. The van der Waals surface area contributed by atoms with Crippen molar-refractivity contribution < 1.29 is 9.47 Å². The lowest BCUT2D eigenvalue weighted by atomic mass is 10.0. The molecule has 0 aromatic heterocycles. The van der Waals surface area contributed by atoms with Gasteiger partial charge in [0.25, 0.3) is 0 Å². The van der Waals surface area contributed by atoms with Gasteiger partial charge in [-0.2, -0.15) is 0 Å². The van der Waals surface area contributed by atoms with E-state index in [0.29, 0.717) is 13.2 Å². The van der Waals surface area contributed by atoms with Crippen LogP contribution in [0.3, 0.4) is 0 Å². The molecule has 0 spiro atoms. The third-order valence-electron chi connectivity index (χ3n) is 1.81. The summed E-state index contributed by atoms with van der Waals surface area (Å²) in [6.45, 7) is 1.38. The Hall–Kier alpha value is -0.0800. The zero-order valence-electron chi connectivity index (χ0n) is 8.34. The van der Waals surface area contributed by atoms with Crippen molar-refractivity contribution in [2.45, 2.75) is 32.1 Å². The molecule has 2 nitrogen and oxygen atoms in total. The first kappa shape index (κ1) is 11.9. The van der Waals surface area contributed by atoms with Crippen molar-refractivity contribution in [1.82, 2.24) is 0 Å². The molecule has 0 bridgehead atoms.